The first kappa shape index (κ1) is 11.8. The Bertz CT molecular complexity index is 399. The van der Waals surface area contributed by atoms with Crippen molar-refractivity contribution in [2.45, 2.75) is 37.6 Å². The third-order valence-corrected chi connectivity index (χ3v) is 3.68. The van der Waals surface area contributed by atoms with Gasteiger partial charge in [0, 0.05) is 22.9 Å². The van der Waals surface area contributed by atoms with Crippen LogP contribution in [0.15, 0.2) is 28.7 Å². The van der Waals surface area contributed by atoms with Gasteiger partial charge in [-0.1, -0.05) is 28.1 Å². The van der Waals surface area contributed by atoms with Crippen LogP contribution in [0.4, 0.5) is 0 Å². The first-order valence-corrected chi connectivity index (χ1v) is 6.42. The van der Waals surface area contributed by atoms with Crippen LogP contribution in [0.1, 0.15) is 31.2 Å². The van der Waals surface area contributed by atoms with Gasteiger partial charge in [-0.05, 0) is 37.0 Å². The van der Waals surface area contributed by atoms with Gasteiger partial charge >= 0.3 is 0 Å². The second kappa shape index (κ2) is 4.68. The molecule has 1 aliphatic rings. The van der Waals surface area contributed by atoms with Crippen molar-refractivity contribution in [3.63, 3.8) is 0 Å². The lowest BCUT2D eigenvalue weighted by Crippen LogP contribution is -2.48. The standard InChI is InChI=1S/C13H16BrNO/c14-11-4-1-3-10(7-11)8-12(16)9-13(15)5-2-6-13/h1,3-4,7H,2,5-6,8-9,15H2. The van der Waals surface area contributed by atoms with E-state index in [0.29, 0.717) is 12.8 Å². The fourth-order valence-corrected chi connectivity index (χ4v) is 2.58. The first-order chi connectivity index (χ1) is 7.57. The van der Waals surface area contributed by atoms with Crippen LogP contribution in [0.25, 0.3) is 0 Å². The molecule has 0 bridgehead atoms. The van der Waals surface area contributed by atoms with Crippen molar-refractivity contribution in [2.24, 2.45) is 5.73 Å². The number of hydrogen-bond donors (Lipinski definition) is 1. The summed E-state index contributed by atoms with van der Waals surface area (Å²) < 4.78 is 1.02. The first-order valence-electron chi connectivity index (χ1n) is 5.62. The van der Waals surface area contributed by atoms with Crippen LogP contribution in [0, 0.1) is 0 Å². The molecule has 86 valence electrons. The molecule has 0 heterocycles. The van der Waals surface area contributed by atoms with Crippen LogP contribution in [-0.4, -0.2) is 11.3 Å². The van der Waals surface area contributed by atoms with Crippen LogP contribution < -0.4 is 5.73 Å². The van der Waals surface area contributed by atoms with Crippen molar-refractivity contribution in [3.05, 3.63) is 34.3 Å². The molecule has 0 aromatic heterocycles. The summed E-state index contributed by atoms with van der Waals surface area (Å²) in [7, 11) is 0. The van der Waals surface area contributed by atoms with Gasteiger partial charge in [0.15, 0.2) is 0 Å². The molecular formula is C13H16BrNO. The molecule has 0 spiro atoms. The largest absolute Gasteiger partial charge is 0.325 e. The van der Waals surface area contributed by atoms with Crippen LogP contribution in [0.5, 0.6) is 0 Å². The minimum Gasteiger partial charge on any atom is -0.325 e. The highest BCUT2D eigenvalue weighted by Crippen LogP contribution is 2.32. The Hall–Kier alpha value is -0.670. The Labute approximate surface area is 104 Å². The van der Waals surface area contributed by atoms with Gasteiger partial charge in [0.25, 0.3) is 0 Å². The van der Waals surface area contributed by atoms with Crippen molar-refractivity contribution in [3.8, 4) is 0 Å². The van der Waals surface area contributed by atoms with E-state index in [1.165, 1.54) is 6.42 Å². The van der Waals surface area contributed by atoms with Gasteiger partial charge in [-0.2, -0.15) is 0 Å². The number of carbonyl (C=O) groups excluding carboxylic acids is 1. The highest BCUT2D eigenvalue weighted by molar-refractivity contribution is 9.10. The van der Waals surface area contributed by atoms with Gasteiger partial charge in [-0.15, -0.1) is 0 Å². The third kappa shape index (κ3) is 2.92. The SMILES string of the molecule is NC1(CC(=O)Cc2cccc(Br)c2)CCC1. The Kier molecular flexibility index (Phi) is 3.45. The van der Waals surface area contributed by atoms with E-state index in [1.54, 1.807) is 0 Å². The molecule has 1 fully saturated rings. The van der Waals surface area contributed by atoms with Gasteiger partial charge in [0.2, 0.25) is 0 Å². The van der Waals surface area contributed by atoms with E-state index in [0.717, 1.165) is 22.9 Å². The molecule has 2 N–H and O–H groups in total. The van der Waals surface area contributed by atoms with Gasteiger partial charge in [0.05, 0.1) is 0 Å². The molecule has 2 nitrogen and oxygen atoms in total. The molecule has 1 aromatic carbocycles. The molecule has 0 unspecified atom stereocenters. The lowest BCUT2D eigenvalue weighted by molar-refractivity contribution is -0.120. The predicted octanol–water partition coefficient (Wildman–Crippen LogP) is 2.83. The molecule has 1 aromatic rings. The van der Waals surface area contributed by atoms with Gasteiger partial charge < -0.3 is 5.73 Å². The van der Waals surface area contributed by atoms with Crippen LogP contribution in [0.3, 0.4) is 0 Å². The fraction of sp³-hybridized carbons (Fsp3) is 0.462. The zero-order valence-corrected chi connectivity index (χ0v) is 10.8. The van der Waals surface area contributed by atoms with E-state index < -0.39 is 0 Å². The number of halogens is 1. The van der Waals surface area contributed by atoms with E-state index in [4.69, 9.17) is 5.73 Å². The number of benzene rings is 1. The smallest absolute Gasteiger partial charge is 0.139 e. The van der Waals surface area contributed by atoms with Gasteiger partial charge in [0.1, 0.15) is 5.78 Å². The molecule has 1 saturated carbocycles. The molecule has 1 aliphatic carbocycles. The average molecular weight is 282 g/mol. The van der Waals surface area contributed by atoms with Gasteiger partial charge in [-0.25, -0.2) is 0 Å². The normalized spacial score (nSPS) is 17.9. The summed E-state index contributed by atoms with van der Waals surface area (Å²) in [6, 6.07) is 7.88. The van der Waals surface area contributed by atoms with Crippen molar-refractivity contribution in [1.82, 2.24) is 0 Å². The lowest BCUT2D eigenvalue weighted by Gasteiger charge is -2.37. The summed E-state index contributed by atoms with van der Waals surface area (Å²) in [6.07, 6.45) is 4.19. The van der Waals surface area contributed by atoms with Crippen molar-refractivity contribution in [2.75, 3.05) is 0 Å². The molecule has 0 radical (unpaired) electrons. The molecule has 0 atom stereocenters. The molecular weight excluding hydrogens is 266 g/mol. The topological polar surface area (TPSA) is 43.1 Å². The summed E-state index contributed by atoms with van der Waals surface area (Å²) in [5.41, 5.74) is 6.92. The molecule has 16 heavy (non-hydrogen) atoms. The maximum Gasteiger partial charge on any atom is 0.139 e. The summed E-state index contributed by atoms with van der Waals surface area (Å²) in [5.74, 6) is 0.250. The maximum absolute atomic E-state index is 11.8. The zero-order valence-electron chi connectivity index (χ0n) is 9.21. The summed E-state index contributed by atoms with van der Waals surface area (Å²) in [4.78, 5) is 11.8. The maximum atomic E-state index is 11.8. The lowest BCUT2D eigenvalue weighted by atomic mass is 9.74. The minimum absolute atomic E-state index is 0.191. The number of Topliss-reactive ketones (excluding diaryl/α,β-unsaturated/α-hetero) is 1. The Morgan fingerprint density at radius 3 is 2.75 bits per heavy atom. The number of rotatable bonds is 4. The highest BCUT2D eigenvalue weighted by atomic mass is 79.9. The fourth-order valence-electron chi connectivity index (χ4n) is 2.14. The Balaban J connectivity index is 1.92. The van der Waals surface area contributed by atoms with Gasteiger partial charge in [-0.3, -0.25) is 4.79 Å². The second-order valence-electron chi connectivity index (χ2n) is 4.74. The zero-order chi connectivity index (χ0) is 11.6. The van der Waals surface area contributed by atoms with Crippen LogP contribution in [0.2, 0.25) is 0 Å². The van der Waals surface area contributed by atoms with E-state index in [9.17, 15) is 4.79 Å². The van der Waals surface area contributed by atoms with E-state index in [2.05, 4.69) is 15.9 Å². The number of carbonyl (C=O) groups is 1. The molecule has 0 amide bonds. The van der Waals surface area contributed by atoms with E-state index in [-0.39, 0.29) is 11.3 Å². The van der Waals surface area contributed by atoms with Crippen LogP contribution >= 0.6 is 15.9 Å². The Morgan fingerprint density at radius 1 is 1.44 bits per heavy atom. The predicted molar refractivity (Wildman–Crippen MR) is 68.2 cm³/mol. The highest BCUT2D eigenvalue weighted by Gasteiger charge is 2.34. The van der Waals surface area contributed by atoms with E-state index >= 15 is 0 Å². The number of nitrogens with two attached hydrogens (primary N) is 1. The molecule has 0 saturated heterocycles. The average Bonchev–Trinajstić information content (AvgIpc) is 2.15. The Morgan fingerprint density at radius 2 is 2.19 bits per heavy atom. The molecule has 0 aliphatic heterocycles. The van der Waals surface area contributed by atoms with Crippen LogP contribution in [-0.2, 0) is 11.2 Å². The number of ketones is 1. The molecule has 3 heteroatoms. The summed E-state index contributed by atoms with van der Waals surface area (Å²) in [6.45, 7) is 0. The summed E-state index contributed by atoms with van der Waals surface area (Å²) in [5, 5.41) is 0. The third-order valence-electron chi connectivity index (χ3n) is 3.19. The molecule has 2 rings (SSSR count). The van der Waals surface area contributed by atoms with Crippen molar-refractivity contribution >= 4 is 21.7 Å². The van der Waals surface area contributed by atoms with Crippen molar-refractivity contribution < 1.29 is 4.79 Å². The number of hydrogen-bond acceptors (Lipinski definition) is 2. The summed E-state index contributed by atoms with van der Waals surface area (Å²) >= 11 is 3.40. The second-order valence-corrected chi connectivity index (χ2v) is 5.65. The minimum atomic E-state index is -0.191. The van der Waals surface area contributed by atoms with E-state index in [1.807, 2.05) is 24.3 Å². The van der Waals surface area contributed by atoms with Crippen molar-refractivity contribution in [1.29, 1.82) is 0 Å². The quantitative estimate of drug-likeness (QED) is 0.922. The monoisotopic (exact) mass is 281 g/mol.